The Balaban J connectivity index is 1.69. The van der Waals surface area contributed by atoms with Crippen LogP contribution >= 0.6 is 11.8 Å². The number of carbonyl (C=O) groups excluding carboxylic acids is 1. The maximum Gasteiger partial charge on any atom is 0.247 e. The lowest BCUT2D eigenvalue weighted by Crippen LogP contribution is -2.45. The van der Waals surface area contributed by atoms with Gasteiger partial charge in [0.15, 0.2) is 11.6 Å². The maximum absolute atomic E-state index is 13.6. The van der Waals surface area contributed by atoms with Gasteiger partial charge in [0.05, 0.1) is 11.9 Å². The number of halogens is 2. The van der Waals surface area contributed by atoms with Crippen molar-refractivity contribution in [1.82, 2.24) is 0 Å². The Morgan fingerprint density at radius 3 is 2.25 bits per heavy atom. The molecule has 32 heavy (non-hydrogen) atoms. The van der Waals surface area contributed by atoms with E-state index in [2.05, 4.69) is 5.32 Å². The van der Waals surface area contributed by atoms with Crippen molar-refractivity contribution in [2.75, 3.05) is 15.9 Å². The van der Waals surface area contributed by atoms with Crippen molar-refractivity contribution < 1.29 is 22.0 Å². The second kappa shape index (κ2) is 10.1. The summed E-state index contributed by atoms with van der Waals surface area (Å²) >= 11 is 1.69. The smallest absolute Gasteiger partial charge is 0.247 e. The molecule has 0 aliphatic carbocycles. The van der Waals surface area contributed by atoms with E-state index in [1.54, 1.807) is 23.9 Å². The third-order valence-corrected chi connectivity index (χ3v) is 6.94. The van der Waals surface area contributed by atoms with Crippen molar-refractivity contribution in [2.24, 2.45) is 0 Å². The SMILES string of the molecule is C[C@@H](C(=O)Nc1ccc(CSc2ccccc2)cc1)N(c1ccc(F)c(F)c1)S(C)(=O)=O. The van der Waals surface area contributed by atoms with Crippen LogP contribution < -0.4 is 9.62 Å². The quantitative estimate of drug-likeness (QED) is 0.462. The minimum Gasteiger partial charge on any atom is -0.324 e. The number of nitrogens with zero attached hydrogens (tertiary/aromatic N) is 1. The molecule has 5 nitrogen and oxygen atoms in total. The standard InChI is InChI=1S/C23H22F2N2O3S2/c1-16(27(32(2,29)30)19-12-13-21(24)22(25)14-19)23(28)26-18-10-8-17(9-11-18)15-31-20-6-4-3-5-7-20/h3-14,16H,15H2,1-2H3,(H,26,28)/t16-/m0/s1. The number of anilines is 2. The third kappa shape index (κ3) is 6.08. The van der Waals surface area contributed by atoms with E-state index in [-0.39, 0.29) is 5.69 Å². The Kier molecular flexibility index (Phi) is 7.52. The number of sulfonamides is 1. The molecule has 1 N–H and O–H groups in total. The van der Waals surface area contributed by atoms with Crippen LogP contribution in [0, 0.1) is 11.6 Å². The van der Waals surface area contributed by atoms with E-state index in [1.807, 2.05) is 42.5 Å². The number of carbonyl (C=O) groups is 1. The van der Waals surface area contributed by atoms with E-state index in [4.69, 9.17) is 0 Å². The first kappa shape index (κ1) is 23.7. The summed E-state index contributed by atoms with van der Waals surface area (Å²) in [7, 11) is -3.94. The zero-order chi connectivity index (χ0) is 23.3. The summed E-state index contributed by atoms with van der Waals surface area (Å²) in [4.78, 5) is 13.9. The topological polar surface area (TPSA) is 66.5 Å². The van der Waals surface area contributed by atoms with Crippen LogP contribution in [0.1, 0.15) is 12.5 Å². The third-order valence-electron chi connectivity index (χ3n) is 4.62. The Morgan fingerprint density at radius 2 is 1.66 bits per heavy atom. The van der Waals surface area contributed by atoms with E-state index in [9.17, 15) is 22.0 Å². The van der Waals surface area contributed by atoms with Crippen LogP contribution in [0.25, 0.3) is 0 Å². The molecule has 0 aromatic heterocycles. The molecular formula is C23H22F2N2O3S2. The largest absolute Gasteiger partial charge is 0.324 e. The second-order valence-corrected chi connectivity index (χ2v) is 10.0. The zero-order valence-corrected chi connectivity index (χ0v) is 19.1. The molecule has 0 bridgehead atoms. The Bertz CT molecular complexity index is 1190. The normalized spacial score (nSPS) is 12.2. The highest BCUT2D eigenvalue weighted by Crippen LogP contribution is 2.25. The lowest BCUT2D eigenvalue weighted by molar-refractivity contribution is -0.116. The summed E-state index contributed by atoms with van der Waals surface area (Å²) in [5, 5.41) is 2.67. The van der Waals surface area contributed by atoms with Gasteiger partial charge in [-0.1, -0.05) is 30.3 Å². The number of benzene rings is 3. The highest BCUT2D eigenvalue weighted by molar-refractivity contribution is 7.98. The number of thioether (sulfide) groups is 1. The van der Waals surface area contributed by atoms with Gasteiger partial charge in [-0.05, 0) is 48.9 Å². The first-order valence-electron chi connectivity index (χ1n) is 9.67. The lowest BCUT2D eigenvalue weighted by Gasteiger charge is -2.28. The predicted molar refractivity (Wildman–Crippen MR) is 124 cm³/mol. The molecule has 3 aromatic rings. The van der Waals surface area contributed by atoms with Crippen LogP contribution in [0.4, 0.5) is 20.2 Å². The van der Waals surface area contributed by atoms with Crippen molar-refractivity contribution in [1.29, 1.82) is 0 Å². The van der Waals surface area contributed by atoms with Gasteiger partial charge < -0.3 is 5.32 Å². The van der Waals surface area contributed by atoms with Crippen molar-refractivity contribution in [3.05, 3.63) is 90.0 Å². The molecule has 0 radical (unpaired) electrons. The van der Waals surface area contributed by atoms with E-state index in [0.29, 0.717) is 5.69 Å². The van der Waals surface area contributed by atoms with Crippen molar-refractivity contribution >= 4 is 39.1 Å². The van der Waals surface area contributed by atoms with Gasteiger partial charge >= 0.3 is 0 Å². The molecule has 0 heterocycles. The average Bonchev–Trinajstić information content (AvgIpc) is 2.75. The Hall–Kier alpha value is -2.91. The Labute approximate surface area is 190 Å². The van der Waals surface area contributed by atoms with Crippen molar-refractivity contribution in [2.45, 2.75) is 23.6 Å². The van der Waals surface area contributed by atoms with Gasteiger partial charge in [-0.25, -0.2) is 17.2 Å². The first-order valence-corrected chi connectivity index (χ1v) is 12.5. The number of hydrogen-bond acceptors (Lipinski definition) is 4. The fourth-order valence-corrected chi connectivity index (χ4v) is 5.09. The number of amides is 1. The molecule has 3 aromatic carbocycles. The second-order valence-electron chi connectivity index (χ2n) is 7.12. The number of hydrogen-bond donors (Lipinski definition) is 1. The van der Waals surface area contributed by atoms with Crippen LogP contribution in [0.5, 0.6) is 0 Å². The minimum atomic E-state index is -3.94. The van der Waals surface area contributed by atoms with E-state index >= 15 is 0 Å². The molecule has 0 aliphatic heterocycles. The van der Waals surface area contributed by atoms with Crippen LogP contribution in [-0.4, -0.2) is 26.6 Å². The monoisotopic (exact) mass is 476 g/mol. The fraction of sp³-hybridized carbons (Fsp3) is 0.174. The van der Waals surface area contributed by atoms with Gasteiger partial charge in [0.25, 0.3) is 0 Å². The molecule has 0 unspecified atom stereocenters. The molecule has 0 saturated carbocycles. The summed E-state index contributed by atoms with van der Waals surface area (Å²) in [6.07, 6.45) is 0.900. The molecule has 1 atom stereocenters. The summed E-state index contributed by atoms with van der Waals surface area (Å²) < 4.78 is 52.2. The van der Waals surface area contributed by atoms with Gasteiger partial charge in [0, 0.05) is 22.4 Å². The van der Waals surface area contributed by atoms with Crippen LogP contribution in [0.15, 0.2) is 77.7 Å². The predicted octanol–water partition coefficient (Wildman–Crippen LogP) is 5.05. The van der Waals surface area contributed by atoms with Crippen LogP contribution in [-0.2, 0) is 20.6 Å². The summed E-state index contributed by atoms with van der Waals surface area (Å²) in [5.74, 6) is -2.16. The van der Waals surface area contributed by atoms with Crippen LogP contribution in [0.2, 0.25) is 0 Å². The number of rotatable bonds is 8. The Morgan fingerprint density at radius 1 is 1.00 bits per heavy atom. The molecule has 0 spiro atoms. The molecule has 1 amide bonds. The molecule has 9 heteroatoms. The summed E-state index contributed by atoms with van der Waals surface area (Å²) in [6.45, 7) is 1.38. The number of nitrogens with one attached hydrogen (secondary N) is 1. The lowest BCUT2D eigenvalue weighted by atomic mass is 10.2. The molecular weight excluding hydrogens is 454 g/mol. The fourth-order valence-electron chi connectivity index (χ4n) is 3.05. The van der Waals surface area contributed by atoms with Gasteiger partial charge in [-0.2, -0.15) is 0 Å². The minimum absolute atomic E-state index is 0.137. The molecule has 0 aliphatic rings. The maximum atomic E-state index is 13.6. The van der Waals surface area contributed by atoms with Gasteiger partial charge in [0.1, 0.15) is 6.04 Å². The molecule has 168 valence electrons. The summed E-state index contributed by atoms with van der Waals surface area (Å²) in [6, 6.07) is 18.7. The average molecular weight is 477 g/mol. The van der Waals surface area contributed by atoms with E-state index < -0.39 is 33.6 Å². The molecule has 0 fully saturated rings. The highest BCUT2D eigenvalue weighted by Gasteiger charge is 2.29. The zero-order valence-electron chi connectivity index (χ0n) is 17.5. The highest BCUT2D eigenvalue weighted by atomic mass is 32.2. The van der Waals surface area contributed by atoms with Crippen LogP contribution in [0.3, 0.4) is 0 Å². The van der Waals surface area contributed by atoms with Crippen molar-refractivity contribution in [3.63, 3.8) is 0 Å². The van der Waals surface area contributed by atoms with Crippen molar-refractivity contribution in [3.8, 4) is 0 Å². The van der Waals surface area contributed by atoms with Gasteiger partial charge in [-0.3, -0.25) is 9.10 Å². The molecule has 3 rings (SSSR count). The van der Waals surface area contributed by atoms with E-state index in [1.165, 1.54) is 6.92 Å². The van der Waals surface area contributed by atoms with Gasteiger partial charge in [0.2, 0.25) is 15.9 Å². The van der Waals surface area contributed by atoms with E-state index in [0.717, 1.165) is 45.0 Å². The summed E-state index contributed by atoms with van der Waals surface area (Å²) in [5.41, 5.74) is 1.42. The first-order chi connectivity index (χ1) is 15.1. The molecule has 0 saturated heterocycles. The van der Waals surface area contributed by atoms with Gasteiger partial charge in [-0.15, -0.1) is 11.8 Å².